The molecule has 0 atom stereocenters. The van der Waals surface area contributed by atoms with Gasteiger partial charge >= 0.3 is 0 Å². The minimum absolute atomic E-state index is 0.142. The molecule has 0 bridgehead atoms. The van der Waals surface area contributed by atoms with E-state index in [-0.39, 0.29) is 17.5 Å². The van der Waals surface area contributed by atoms with Crippen LogP contribution in [-0.4, -0.2) is 11.7 Å². The second-order valence-corrected chi connectivity index (χ2v) is 6.24. The molecule has 0 aliphatic heterocycles. The van der Waals surface area contributed by atoms with Gasteiger partial charge in [-0.1, -0.05) is 42.5 Å². The van der Waals surface area contributed by atoms with Crippen LogP contribution in [0.5, 0.6) is 0 Å². The predicted octanol–water partition coefficient (Wildman–Crippen LogP) is 5.02. The van der Waals surface area contributed by atoms with Gasteiger partial charge in [-0.05, 0) is 35.9 Å². The lowest BCUT2D eigenvalue weighted by Crippen LogP contribution is -2.15. The van der Waals surface area contributed by atoms with Crippen LogP contribution in [0.25, 0.3) is 10.8 Å². The Hall–Kier alpha value is -2.33. The van der Waals surface area contributed by atoms with E-state index in [1.165, 1.54) is 17.8 Å². The summed E-state index contributed by atoms with van der Waals surface area (Å²) in [5.74, 6) is -0.176. The summed E-state index contributed by atoms with van der Waals surface area (Å²) in [5.41, 5.74) is 0.976. The highest BCUT2D eigenvalue weighted by molar-refractivity contribution is 8.00. The fraction of sp³-hybridized carbons (Fsp3) is 0.105. The Morgan fingerprint density at radius 2 is 1.78 bits per heavy atom. The molecule has 1 N–H and O–H groups in total. The van der Waals surface area contributed by atoms with Crippen molar-refractivity contribution in [2.24, 2.45) is 0 Å². The number of fused-ring (bicyclic) bond motifs is 1. The molecule has 0 saturated heterocycles. The van der Waals surface area contributed by atoms with Crippen molar-refractivity contribution >= 4 is 34.1 Å². The van der Waals surface area contributed by atoms with E-state index < -0.39 is 0 Å². The van der Waals surface area contributed by atoms with Crippen LogP contribution in [-0.2, 0) is 4.79 Å². The van der Waals surface area contributed by atoms with Crippen molar-refractivity contribution in [3.8, 4) is 0 Å². The number of thioether (sulfide) groups is 1. The highest BCUT2D eigenvalue weighted by Crippen LogP contribution is 2.28. The lowest BCUT2D eigenvalue weighted by atomic mass is 10.1. The van der Waals surface area contributed by atoms with Gasteiger partial charge in [0.25, 0.3) is 0 Å². The first kappa shape index (κ1) is 15.6. The van der Waals surface area contributed by atoms with E-state index in [0.29, 0.717) is 11.3 Å². The van der Waals surface area contributed by atoms with Crippen molar-refractivity contribution in [3.05, 3.63) is 72.0 Å². The van der Waals surface area contributed by atoms with Gasteiger partial charge in [0.15, 0.2) is 0 Å². The van der Waals surface area contributed by atoms with Gasteiger partial charge in [0.1, 0.15) is 5.82 Å². The van der Waals surface area contributed by atoms with Crippen molar-refractivity contribution in [1.82, 2.24) is 0 Å². The second-order valence-electron chi connectivity index (χ2n) is 5.23. The van der Waals surface area contributed by atoms with Crippen molar-refractivity contribution in [2.45, 2.75) is 11.8 Å². The molecule has 3 aromatic carbocycles. The van der Waals surface area contributed by atoms with Crippen LogP contribution in [0.2, 0.25) is 0 Å². The molecule has 116 valence electrons. The smallest absolute Gasteiger partial charge is 0.234 e. The number of anilines is 1. The first-order chi connectivity index (χ1) is 11.1. The van der Waals surface area contributed by atoms with E-state index in [9.17, 15) is 9.18 Å². The standard InChI is InChI=1S/C19H16FNOS/c1-13-16(20)9-5-10-17(13)21-19(22)12-23-18-11-4-7-14-6-2-3-8-15(14)18/h2-11H,12H2,1H3,(H,21,22). The van der Waals surface area contributed by atoms with Gasteiger partial charge in [-0.15, -0.1) is 11.8 Å². The van der Waals surface area contributed by atoms with Crippen molar-refractivity contribution < 1.29 is 9.18 Å². The maximum absolute atomic E-state index is 13.5. The lowest BCUT2D eigenvalue weighted by Gasteiger charge is -2.09. The molecule has 23 heavy (non-hydrogen) atoms. The number of rotatable bonds is 4. The Morgan fingerprint density at radius 3 is 2.65 bits per heavy atom. The van der Waals surface area contributed by atoms with Crippen LogP contribution in [0.4, 0.5) is 10.1 Å². The molecular weight excluding hydrogens is 309 g/mol. The molecule has 0 saturated carbocycles. The van der Waals surface area contributed by atoms with E-state index in [1.807, 2.05) is 30.3 Å². The highest BCUT2D eigenvalue weighted by atomic mass is 32.2. The summed E-state index contributed by atoms with van der Waals surface area (Å²) in [4.78, 5) is 13.2. The Balaban J connectivity index is 1.70. The van der Waals surface area contributed by atoms with Crippen LogP contribution < -0.4 is 5.32 Å². The topological polar surface area (TPSA) is 29.1 Å². The largest absolute Gasteiger partial charge is 0.325 e. The van der Waals surface area contributed by atoms with Crippen molar-refractivity contribution in [2.75, 3.05) is 11.1 Å². The van der Waals surface area contributed by atoms with Crippen LogP contribution in [0.3, 0.4) is 0 Å². The number of nitrogens with one attached hydrogen (secondary N) is 1. The van der Waals surface area contributed by atoms with Crippen LogP contribution in [0, 0.1) is 12.7 Å². The average molecular weight is 325 g/mol. The summed E-state index contributed by atoms with van der Waals surface area (Å²) >= 11 is 1.48. The fourth-order valence-electron chi connectivity index (χ4n) is 2.39. The molecule has 4 heteroatoms. The molecule has 2 nitrogen and oxygen atoms in total. The third kappa shape index (κ3) is 3.54. The summed E-state index contributed by atoms with van der Waals surface area (Å²) in [6.45, 7) is 1.66. The molecular formula is C19H16FNOS. The summed E-state index contributed by atoms with van der Waals surface area (Å²) in [5, 5.41) is 5.06. The Kier molecular flexibility index (Phi) is 4.63. The SMILES string of the molecule is Cc1c(F)cccc1NC(=O)CSc1cccc2ccccc12. The monoisotopic (exact) mass is 325 g/mol. The third-order valence-electron chi connectivity index (χ3n) is 3.65. The van der Waals surface area contributed by atoms with Gasteiger partial charge in [0, 0.05) is 16.1 Å². The van der Waals surface area contributed by atoms with Gasteiger partial charge in [0.05, 0.1) is 5.75 Å². The van der Waals surface area contributed by atoms with Gasteiger partial charge < -0.3 is 5.32 Å². The number of amides is 1. The third-order valence-corrected chi connectivity index (χ3v) is 4.72. The lowest BCUT2D eigenvalue weighted by molar-refractivity contribution is -0.113. The number of carbonyl (C=O) groups is 1. The fourth-order valence-corrected chi connectivity index (χ4v) is 3.27. The van der Waals surface area contributed by atoms with E-state index in [2.05, 4.69) is 17.4 Å². The van der Waals surface area contributed by atoms with Crippen molar-refractivity contribution in [1.29, 1.82) is 0 Å². The predicted molar refractivity (Wildman–Crippen MR) is 94.4 cm³/mol. The van der Waals surface area contributed by atoms with Crippen LogP contribution >= 0.6 is 11.8 Å². The van der Waals surface area contributed by atoms with Crippen LogP contribution in [0.1, 0.15) is 5.56 Å². The Labute approximate surface area is 138 Å². The molecule has 3 rings (SSSR count). The first-order valence-corrected chi connectivity index (χ1v) is 8.29. The summed E-state index contributed by atoms with van der Waals surface area (Å²) < 4.78 is 13.5. The van der Waals surface area contributed by atoms with Gasteiger partial charge in [-0.3, -0.25) is 4.79 Å². The molecule has 0 heterocycles. The number of halogens is 1. The number of benzene rings is 3. The molecule has 0 fully saturated rings. The molecule has 0 unspecified atom stereocenters. The zero-order valence-corrected chi connectivity index (χ0v) is 13.5. The molecule has 0 aliphatic rings. The Bertz CT molecular complexity index is 858. The van der Waals surface area contributed by atoms with Crippen molar-refractivity contribution in [3.63, 3.8) is 0 Å². The van der Waals surface area contributed by atoms with Crippen LogP contribution in [0.15, 0.2) is 65.6 Å². The first-order valence-electron chi connectivity index (χ1n) is 7.30. The average Bonchev–Trinajstić information content (AvgIpc) is 2.57. The molecule has 3 aromatic rings. The molecule has 0 radical (unpaired) electrons. The zero-order valence-electron chi connectivity index (χ0n) is 12.7. The molecule has 0 aliphatic carbocycles. The van der Waals surface area contributed by atoms with Gasteiger partial charge in [-0.25, -0.2) is 4.39 Å². The quantitative estimate of drug-likeness (QED) is 0.683. The van der Waals surface area contributed by atoms with E-state index >= 15 is 0 Å². The number of carbonyl (C=O) groups excluding carboxylic acids is 1. The minimum Gasteiger partial charge on any atom is -0.325 e. The molecule has 0 aromatic heterocycles. The number of hydrogen-bond donors (Lipinski definition) is 1. The van der Waals surface area contributed by atoms with E-state index in [0.717, 1.165) is 15.7 Å². The molecule has 0 spiro atoms. The summed E-state index contributed by atoms with van der Waals surface area (Å²) in [7, 11) is 0. The minimum atomic E-state index is -0.315. The zero-order chi connectivity index (χ0) is 16.2. The normalized spacial score (nSPS) is 10.7. The molecule has 1 amide bonds. The summed E-state index contributed by atoms with van der Waals surface area (Å²) in [6.07, 6.45) is 0. The van der Waals surface area contributed by atoms with E-state index in [4.69, 9.17) is 0 Å². The summed E-state index contributed by atoms with van der Waals surface area (Å²) in [6, 6.07) is 18.8. The maximum atomic E-state index is 13.5. The van der Waals surface area contributed by atoms with Gasteiger partial charge in [-0.2, -0.15) is 0 Å². The highest BCUT2D eigenvalue weighted by Gasteiger charge is 2.09. The Morgan fingerprint density at radius 1 is 1.04 bits per heavy atom. The second kappa shape index (κ2) is 6.84. The van der Waals surface area contributed by atoms with Gasteiger partial charge in [0.2, 0.25) is 5.91 Å². The van der Waals surface area contributed by atoms with E-state index in [1.54, 1.807) is 19.1 Å². The number of hydrogen-bond acceptors (Lipinski definition) is 2. The maximum Gasteiger partial charge on any atom is 0.234 e.